The summed E-state index contributed by atoms with van der Waals surface area (Å²) in [5, 5.41) is 114. The SMILES string of the molecule is CCc1c(C(=O)N(CCO)CCO)c(C)c(C(=O)N(CCO)CCO)c(C)c1N(CC(O)C(O)C(O)CN(C(C)=O)c1c(C)c(C(=O)N(CCO)CCO)c(C)c(C(=O)N(CCO)CCO)c1C)C(C)=O. The normalized spacial score (nSPS) is 12.5. The molecule has 0 aliphatic carbocycles. The van der Waals surface area contributed by atoms with E-state index in [1.807, 2.05) is 0 Å². The Hall–Kier alpha value is -5.18. The molecule has 0 fully saturated rings. The van der Waals surface area contributed by atoms with E-state index in [2.05, 4.69) is 0 Å². The van der Waals surface area contributed by atoms with Gasteiger partial charge in [0.1, 0.15) is 18.3 Å². The maximum absolute atomic E-state index is 14.4. The Labute approximate surface area is 414 Å². The standard InChI is InChI=1S/C48H76N6O17/c1-9-35-41(48(71)52(16-24-61)17-25-62)29(3)40(47(70)51(14-22-59)15-23-60)32(6)43(35)54(34(8)64)27-37(66)44(67)36(65)26-53(33(7)63)42-30(4)38(45(68)49(10-18-55)11-19-56)28(2)39(31(42)5)46(69)50(12-20-57)13-21-58/h36-37,44,55-62,65-67H,9-27H2,1-8H3. The van der Waals surface area contributed by atoms with Gasteiger partial charge in [0.2, 0.25) is 11.8 Å². The topological polar surface area (TPSA) is 344 Å². The number of nitrogens with zero attached hydrogens (tertiary/aromatic N) is 6. The van der Waals surface area contributed by atoms with Crippen molar-refractivity contribution < 1.29 is 84.9 Å². The average molecular weight is 1010 g/mol. The molecule has 3 unspecified atom stereocenters. The van der Waals surface area contributed by atoms with Gasteiger partial charge in [0, 0.05) is 88.5 Å². The van der Waals surface area contributed by atoms with Crippen LogP contribution in [0.1, 0.15) is 95.6 Å². The third kappa shape index (κ3) is 14.5. The Bertz CT molecular complexity index is 2090. The lowest BCUT2D eigenvalue weighted by molar-refractivity contribution is -0.117. The molecule has 6 amide bonds. The predicted octanol–water partition coefficient (Wildman–Crippen LogP) is -3.01. The molecule has 400 valence electrons. The van der Waals surface area contributed by atoms with Crippen molar-refractivity contribution in [3.8, 4) is 0 Å². The molecule has 0 aliphatic heterocycles. The maximum atomic E-state index is 14.4. The number of amides is 6. The van der Waals surface area contributed by atoms with E-state index in [0.29, 0.717) is 0 Å². The summed E-state index contributed by atoms with van der Waals surface area (Å²) in [7, 11) is 0. The summed E-state index contributed by atoms with van der Waals surface area (Å²) in [4.78, 5) is 91.3. The highest BCUT2D eigenvalue weighted by Gasteiger charge is 2.38. The van der Waals surface area contributed by atoms with Crippen molar-refractivity contribution in [2.45, 2.75) is 80.1 Å². The predicted molar refractivity (Wildman–Crippen MR) is 260 cm³/mol. The molecule has 23 heteroatoms. The first kappa shape index (κ1) is 61.9. The molecule has 0 saturated carbocycles. The lowest BCUT2D eigenvalue weighted by atomic mass is 9.87. The molecule has 0 heterocycles. The molecule has 0 aliphatic rings. The van der Waals surface area contributed by atoms with Crippen LogP contribution in [0.25, 0.3) is 0 Å². The Morgan fingerprint density at radius 1 is 0.394 bits per heavy atom. The number of anilines is 2. The summed E-state index contributed by atoms with van der Waals surface area (Å²) in [6.07, 6.45) is -6.18. The number of aliphatic hydroxyl groups excluding tert-OH is 11. The second kappa shape index (κ2) is 29.4. The Morgan fingerprint density at radius 2 is 0.634 bits per heavy atom. The highest BCUT2D eigenvalue weighted by atomic mass is 16.4. The van der Waals surface area contributed by atoms with Crippen LogP contribution in [-0.4, -0.2) is 248 Å². The van der Waals surface area contributed by atoms with E-state index in [0.717, 1.165) is 43.2 Å². The van der Waals surface area contributed by atoms with E-state index in [9.17, 15) is 84.9 Å². The lowest BCUT2D eigenvalue weighted by Gasteiger charge is -2.36. The Balaban J connectivity index is 2.95. The number of rotatable bonds is 29. The monoisotopic (exact) mass is 1010 g/mol. The van der Waals surface area contributed by atoms with Gasteiger partial charge in [-0.1, -0.05) is 6.92 Å². The zero-order valence-electron chi connectivity index (χ0n) is 42.2. The third-order valence-corrected chi connectivity index (χ3v) is 12.4. The first-order chi connectivity index (χ1) is 33.6. The first-order valence-electron chi connectivity index (χ1n) is 23.5. The largest absolute Gasteiger partial charge is 0.395 e. The van der Waals surface area contributed by atoms with Gasteiger partial charge in [-0.05, 0) is 74.4 Å². The Morgan fingerprint density at radius 3 is 0.887 bits per heavy atom. The van der Waals surface area contributed by atoms with Crippen LogP contribution in [0.4, 0.5) is 11.4 Å². The first-order valence-corrected chi connectivity index (χ1v) is 23.5. The number of carbonyl (C=O) groups excluding carboxylic acids is 6. The number of carbonyl (C=O) groups is 6. The van der Waals surface area contributed by atoms with Crippen LogP contribution in [0.5, 0.6) is 0 Å². The van der Waals surface area contributed by atoms with E-state index < -0.39 is 120 Å². The van der Waals surface area contributed by atoms with E-state index in [1.165, 1.54) is 34.6 Å². The molecule has 0 bridgehead atoms. The molecule has 0 aromatic heterocycles. The fourth-order valence-corrected chi connectivity index (χ4v) is 9.13. The van der Waals surface area contributed by atoms with Gasteiger partial charge in [-0.25, -0.2) is 0 Å². The quantitative estimate of drug-likeness (QED) is 0.0387. The van der Waals surface area contributed by atoms with Crippen molar-refractivity contribution in [2.75, 3.05) is 128 Å². The molecule has 3 atom stereocenters. The van der Waals surface area contributed by atoms with Crippen molar-refractivity contribution in [1.29, 1.82) is 0 Å². The number of hydrogen-bond donors (Lipinski definition) is 11. The smallest absolute Gasteiger partial charge is 0.254 e. The zero-order chi connectivity index (χ0) is 54.0. The summed E-state index contributed by atoms with van der Waals surface area (Å²) >= 11 is 0. The molecular weight excluding hydrogens is 933 g/mol. The van der Waals surface area contributed by atoms with Crippen LogP contribution >= 0.6 is 0 Å². The average Bonchev–Trinajstić information content (AvgIpc) is 3.31. The summed E-state index contributed by atoms with van der Waals surface area (Å²) in [6.45, 7) is 3.97. The molecular formula is C48H76N6O17. The van der Waals surface area contributed by atoms with Crippen molar-refractivity contribution in [3.63, 3.8) is 0 Å². The number of hydrogen-bond acceptors (Lipinski definition) is 17. The summed E-state index contributed by atoms with van der Waals surface area (Å²) in [5.41, 5.74) is 0.355. The zero-order valence-corrected chi connectivity index (χ0v) is 42.2. The van der Waals surface area contributed by atoms with Gasteiger partial charge in [0.25, 0.3) is 23.6 Å². The van der Waals surface area contributed by atoms with E-state index in [1.54, 1.807) is 6.92 Å². The van der Waals surface area contributed by atoms with E-state index in [-0.39, 0.29) is 126 Å². The molecule has 0 radical (unpaired) electrons. The van der Waals surface area contributed by atoms with Gasteiger partial charge in [0.15, 0.2) is 0 Å². The summed E-state index contributed by atoms with van der Waals surface area (Å²) in [5.74, 6) is -4.46. The highest BCUT2D eigenvalue weighted by molar-refractivity contribution is 6.09. The summed E-state index contributed by atoms with van der Waals surface area (Å²) in [6, 6.07) is 0. The molecule has 0 saturated heterocycles. The van der Waals surface area contributed by atoms with Crippen LogP contribution in [0.2, 0.25) is 0 Å². The number of aliphatic hydroxyl groups is 11. The van der Waals surface area contributed by atoms with Gasteiger partial charge in [-0.2, -0.15) is 0 Å². The van der Waals surface area contributed by atoms with Crippen LogP contribution in [0.15, 0.2) is 0 Å². The minimum atomic E-state index is -2.16. The van der Waals surface area contributed by atoms with Crippen molar-refractivity contribution >= 4 is 46.8 Å². The van der Waals surface area contributed by atoms with Gasteiger partial charge < -0.3 is 85.6 Å². The highest BCUT2D eigenvalue weighted by Crippen LogP contribution is 2.39. The molecule has 0 spiro atoms. The molecule has 71 heavy (non-hydrogen) atoms. The third-order valence-electron chi connectivity index (χ3n) is 12.4. The molecule has 2 rings (SSSR count). The minimum Gasteiger partial charge on any atom is -0.395 e. The van der Waals surface area contributed by atoms with E-state index >= 15 is 0 Å². The van der Waals surface area contributed by atoms with Gasteiger partial charge >= 0.3 is 0 Å². The molecule has 2 aromatic rings. The van der Waals surface area contributed by atoms with Gasteiger partial charge in [-0.15, -0.1) is 0 Å². The lowest BCUT2D eigenvalue weighted by Crippen LogP contribution is -2.51. The Kier molecular flexibility index (Phi) is 25.6. The van der Waals surface area contributed by atoms with Crippen LogP contribution in [0.3, 0.4) is 0 Å². The van der Waals surface area contributed by atoms with Crippen LogP contribution in [-0.2, 0) is 16.0 Å². The van der Waals surface area contributed by atoms with Crippen LogP contribution < -0.4 is 9.80 Å². The van der Waals surface area contributed by atoms with Crippen LogP contribution in [0, 0.1) is 34.6 Å². The second-order valence-corrected chi connectivity index (χ2v) is 17.0. The minimum absolute atomic E-state index is 0.0301. The van der Waals surface area contributed by atoms with Crippen molar-refractivity contribution in [3.05, 3.63) is 55.6 Å². The molecule has 11 N–H and O–H groups in total. The van der Waals surface area contributed by atoms with Gasteiger partial charge in [-0.3, -0.25) is 28.8 Å². The maximum Gasteiger partial charge on any atom is 0.254 e. The van der Waals surface area contributed by atoms with Crippen molar-refractivity contribution in [2.24, 2.45) is 0 Å². The van der Waals surface area contributed by atoms with Crippen molar-refractivity contribution in [1.82, 2.24) is 19.6 Å². The number of benzene rings is 2. The fraction of sp³-hybridized carbons (Fsp3) is 0.625. The fourth-order valence-electron chi connectivity index (χ4n) is 9.13. The second-order valence-electron chi connectivity index (χ2n) is 17.0. The molecule has 23 nitrogen and oxygen atoms in total. The summed E-state index contributed by atoms with van der Waals surface area (Å²) < 4.78 is 0. The molecule has 2 aromatic carbocycles. The van der Waals surface area contributed by atoms with E-state index in [4.69, 9.17) is 0 Å². The van der Waals surface area contributed by atoms with Gasteiger partial charge in [0.05, 0.1) is 77.3 Å².